The number of ether oxygens (including phenoxy) is 1. The van der Waals surface area contributed by atoms with Crippen molar-refractivity contribution in [1.82, 2.24) is 0 Å². The van der Waals surface area contributed by atoms with Crippen molar-refractivity contribution in [2.75, 3.05) is 17.2 Å². The van der Waals surface area contributed by atoms with Gasteiger partial charge in [-0.1, -0.05) is 23.7 Å². The number of amides is 2. The lowest BCUT2D eigenvalue weighted by atomic mass is 10.1. The number of esters is 1. The molecule has 0 heterocycles. The van der Waals surface area contributed by atoms with Crippen LogP contribution in [0.25, 0.3) is 0 Å². The average Bonchev–Trinajstić information content (AvgIpc) is 2.64. The van der Waals surface area contributed by atoms with E-state index >= 15 is 0 Å². The molecule has 0 unspecified atom stereocenters. The highest BCUT2D eigenvalue weighted by molar-refractivity contribution is 6.31. The van der Waals surface area contributed by atoms with Crippen LogP contribution in [0.15, 0.2) is 36.4 Å². The van der Waals surface area contributed by atoms with Crippen LogP contribution in [0.3, 0.4) is 0 Å². The van der Waals surface area contributed by atoms with Crippen molar-refractivity contribution in [1.29, 1.82) is 0 Å². The van der Waals surface area contributed by atoms with Crippen LogP contribution in [0, 0.1) is 20.8 Å². The Hall–Kier alpha value is -2.86. The Morgan fingerprint density at radius 3 is 2.29 bits per heavy atom. The summed E-state index contributed by atoms with van der Waals surface area (Å²) in [7, 11) is 0. The Kier molecular flexibility index (Phi) is 7.58. The first-order chi connectivity index (χ1) is 13.2. The van der Waals surface area contributed by atoms with Crippen molar-refractivity contribution in [3.05, 3.63) is 58.1 Å². The number of hydrogen-bond acceptors (Lipinski definition) is 4. The van der Waals surface area contributed by atoms with Gasteiger partial charge in [0.25, 0.3) is 5.91 Å². The standard InChI is InChI=1S/C21H23ClN2O4/c1-13-5-7-17(10-15(13)3)23-19(25)8-9-21(27)28-12-20(26)24-18-11-16(22)6-4-14(18)2/h4-7,10-11H,8-9,12H2,1-3H3,(H,23,25)(H,24,26). The zero-order valence-corrected chi connectivity index (χ0v) is 16.9. The normalized spacial score (nSPS) is 10.3. The molecule has 2 rings (SSSR count). The fraction of sp³-hybridized carbons (Fsp3) is 0.286. The smallest absolute Gasteiger partial charge is 0.306 e. The van der Waals surface area contributed by atoms with Crippen LogP contribution in [0.4, 0.5) is 11.4 Å². The second-order valence-corrected chi connectivity index (χ2v) is 6.95. The van der Waals surface area contributed by atoms with E-state index in [9.17, 15) is 14.4 Å². The zero-order valence-electron chi connectivity index (χ0n) is 16.1. The predicted molar refractivity (Wildman–Crippen MR) is 110 cm³/mol. The molecule has 2 N–H and O–H groups in total. The molecule has 6 nitrogen and oxygen atoms in total. The van der Waals surface area contributed by atoms with Gasteiger partial charge in [0, 0.05) is 22.8 Å². The van der Waals surface area contributed by atoms with Crippen LogP contribution in [0.2, 0.25) is 5.02 Å². The maximum atomic E-state index is 12.0. The molecule has 0 aliphatic carbocycles. The highest BCUT2D eigenvalue weighted by Gasteiger charge is 2.12. The minimum Gasteiger partial charge on any atom is -0.456 e. The summed E-state index contributed by atoms with van der Waals surface area (Å²) in [4.78, 5) is 35.6. The Balaban J connectivity index is 1.73. The van der Waals surface area contributed by atoms with Crippen molar-refractivity contribution in [2.45, 2.75) is 33.6 Å². The van der Waals surface area contributed by atoms with E-state index in [2.05, 4.69) is 10.6 Å². The predicted octanol–water partition coefficient (Wildman–Crippen LogP) is 4.17. The molecule has 0 aliphatic heterocycles. The number of carbonyl (C=O) groups excluding carboxylic acids is 3. The molecular formula is C21H23ClN2O4. The molecule has 2 amide bonds. The van der Waals surface area contributed by atoms with Crippen LogP contribution in [0.1, 0.15) is 29.5 Å². The monoisotopic (exact) mass is 402 g/mol. The van der Waals surface area contributed by atoms with Crippen molar-refractivity contribution >= 4 is 40.8 Å². The second kappa shape index (κ2) is 9.90. The first-order valence-corrected chi connectivity index (χ1v) is 9.21. The maximum absolute atomic E-state index is 12.0. The van der Waals surface area contributed by atoms with Gasteiger partial charge in [0.05, 0.1) is 6.42 Å². The van der Waals surface area contributed by atoms with Crippen molar-refractivity contribution < 1.29 is 19.1 Å². The second-order valence-electron chi connectivity index (χ2n) is 6.52. The zero-order chi connectivity index (χ0) is 20.7. The molecule has 7 heteroatoms. The summed E-state index contributed by atoms with van der Waals surface area (Å²) in [5.41, 5.74) is 4.28. The Morgan fingerprint density at radius 1 is 0.857 bits per heavy atom. The molecule has 0 spiro atoms. The van der Waals surface area contributed by atoms with Gasteiger partial charge in [-0.2, -0.15) is 0 Å². The molecule has 148 valence electrons. The van der Waals surface area contributed by atoms with Crippen LogP contribution in [-0.2, 0) is 19.1 Å². The number of benzene rings is 2. The minimum absolute atomic E-state index is 0.0270. The minimum atomic E-state index is -0.617. The molecule has 0 saturated carbocycles. The van der Waals surface area contributed by atoms with E-state index in [0.29, 0.717) is 16.4 Å². The molecule has 0 aliphatic rings. The van der Waals surface area contributed by atoms with E-state index in [1.807, 2.05) is 32.9 Å². The third kappa shape index (κ3) is 6.70. The van der Waals surface area contributed by atoms with Crippen LogP contribution in [-0.4, -0.2) is 24.4 Å². The van der Waals surface area contributed by atoms with E-state index in [4.69, 9.17) is 16.3 Å². The Morgan fingerprint density at radius 2 is 1.57 bits per heavy atom. The molecule has 0 aromatic heterocycles. The molecule has 2 aromatic rings. The number of aryl methyl sites for hydroxylation is 3. The number of halogens is 1. The van der Waals surface area contributed by atoms with Gasteiger partial charge in [-0.15, -0.1) is 0 Å². The number of hydrogen-bond donors (Lipinski definition) is 2. The third-order valence-electron chi connectivity index (χ3n) is 4.18. The topological polar surface area (TPSA) is 84.5 Å². The SMILES string of the molecule is Cc1ccc(NC(=O)CCC(=O)OCC(=O)Nc2cc(Cl)ccc2C)cc1C. The summed E-state index contributed by atoms with van der Waals surface area (Å²) >= 11 is 5.90. The van der Waals surface area contributed by atoms with E-state index in [1.54, 1.807) is 24.3 Å². The number of rotatable bonds is 7. The largest absolute Gasteiger partial charge is 0.456 e. The number of nitrogens with one attached hydrogen (secondary N) is 2. The maximum Gasteiger partial charge on any atom is 0.306 e. The van der Waals surface area contributed by atoms with E-state index in [0.717, 1.165) is 16.7 Å². The Labute approximate surface area is 169 Å². The summed E-state index contributed by atoms with van der Waals surface area (Å²) in [5.74, 6) is -1.38. The van der Waals surface area contributed by atoms with Crippen LogP contribution in [0.5, 0.6) is 0 Å². The van der Waals surface area contributed by atoms with Gasteiger partial charge in [-0.25, -0.2) is 0 Å². The van der Waals surface area contributed by atoms with Gasteiger partial charge in [0.2, 0.25) is 5.91 Å². The van der Waals surface area contributed by atoms with Crippen LogP contribution < -0.4 is 10.6 Å². The van der Waals surface area contributed by atoms with Crippen molar-refractivity contribution in [2.24, 2.45) is 0 Å². The Bertz CT molecular complexity index is 896. The molecule has 2 aromatic carbocycles. The highest BCUT2D eigenvalue weighted by atomic mass is 35.5. The highest BCUT2D eigenvalue weighted by Crippen LogP contribution is 2.20. The average molecular weight is 403 g/mol. The van der Waals surface area contributed by atoms with Gasteiger partial charge in [-0.3, -0.25) is 14.4 Å². The molecule has 0 radical (unpaired) electrons. The molecule has 0 fully saturated rings. The lowest BCUT2D eigenvalue weighted by Crippen LogP contribution is -2.22. The number of anilines is 2. The first kappa shape index (κ1) is 21.4. The van der Waals surface area contributed by atoms with Crippen molar-refractivity contribution in [3.63, 3.8) is 0 Å². The summed E-state index contributed by atoms with van der Waals surface area (Å²) in [6.07, 6.45) is -0.138. The van der Waals surface area contributed by atoms with E-state index < -0.39 is 18.5 Å². The van der Waals surface area contributed by atoms with Crippen molar-refractivity contribution in [3.8, 4) is 0 Å². The summed E-state index contributed by atoms with van der Waals surface area (Å²) in [6.45, 7) is 5.34. The molecular weight excluding hydrogens is 380 g/mol. The summed E-state index contributed by atoms with van der Waals surface area (Å²) in [6, 6.07) is 10.7. The molecule has 28 heavy (non-hydrogen) atoms. The van der Waals surface area contributed by atoms with Gasteiger partial charge in [0.1, 0.15) is 0 Å². The lowest BCUT2D eigenvalue weighted by Gasteiger charge is -2.10. The van der Waals surface area contributed by atoms with Gasteiger partial charge in [-0.05, 0) is 61.7 Å². The first-order valence-electron chi connectivity index (χ1n) is 8.83. The molecule has 0 atom stereocenters. The fourth-order valence-electron chi connectivity index (χ4n) is 2.39. The molecule has 0 saturated heterocycles. The molecule has 0 bridgehead atoms. The number of carbonyl (C=O) groups is 3. The quantitative estimate of drug-likeness (QED) is 0.681. The van der Waals surface area contributed by atoms with Gasteiger partial charge in [0.15, 0.2) is 6.61 Å². The fourth-order valence-corrected chi connectivity index (χ4v) is 2.56. The third-order valence-corrected chi connectivity index (χ3v) is 4.42. The van der Waals surface area contributed by atoms with Gasteiger partial charge < -0.3 is 15.4 Å². The van der Waals surface area contributed by atoms with E-state index in [1.165, 1.54) is 0 Å². The van der Waals surface area contributed by atoms with Gasteiger partial charge >= 0.3 is 5.97 Å². The van der Waals surface area contributed by atoms with E-state index in [-0.39, 0.29) is 18.7 Å². The summed E-state index contributed by atoms with van der Waals surface area (Å²) in [5, 5.41) is 5.86. The summed E-state index contributed by atoms with van der Waals surface area (Å²) < 4.78 is 4.92. The lowest BCUT2D eigenvalue weighted by molar-refractivity contribution is -0.147. The van der Waals surface area contributed by atoms with Crippen LogP contribution >= 0.6 is 11.6 Å².